The zero-order valence-corrected chi connectivity index (χ0v) is 9.95. The Hall–Kier alpha value is -1.51. The fraction of sp³-hybridized carbons (Fsp3) is 0.462. The molecule has 0 saturated heterocycles. The van der Waals surface area contributed by atoms with Crippen molar-refractivity contribution >= 4 is 5.91 Å². The van der Waals surface area contributed by atoms with Crippen molar-refractivity contribution in [2.24, 2.45) is 0 Å². The predicted molar refractivity (Wildman–Crippen MR) is 64.9 cm³/mol. The maximum absolute atomic E-state index is 11.7. The standard InChI is InChI=1S/C13H19NO2/c1-3-5-9-14-13(15)11-7-6-8-12(10-11)16-4-2/h6-8,10H,3-5,9H2,1-2H3,(H,14,15). The third kappa shape index (κ3) is 3.93. The molecule has 0 bridgehead atoms. The van der Waals surface area contributed by atoms with Crippen LogP contribution in [0.2, 0.25) is 0 Å². The second-order valence-corrected chi connectivity index (χ2v) is 3.57. The van der Waals surface area contributed by atoms with Gasteiger partial charge in [-0.25, -0.2) is 0 Å². The first kappa shape index (κ1) is 12.6. The number of carbonyl (C=O) groups excluding carboxylic acids is 1. The third-order valence-electron chi connectivity index (χ3n) is 2.22. The molecule has 0 aliphatic carbocycles. The van der Waals surface area contributed by atoms with Crippen LogP contribution in [0.3, 0.4) is 0 Å². The number of nitrogens with one attached hydrogen (secondary N) is 1. The summed E-state index contributed by atoms with van der Waals surface area (Å²) >= 11 is 0. The molecular weight excluding hydrogens is 202 g/mol. The Morgan fingerprint density at radius 2 is 2.19 bits per heavy atom. The molecule has 1 amide bonds. The van der Waals surface area contributed by atoms with Crippen molar-refractivity contribution in [2.45, 2.75) is 26.7 Å². The van der Waals surface area contributed by atoms with Gasteiger partial charge in [0.2, 0.25) is 0 Å². The Morgan fingerprint density at radius 1 is 1.38 bits per heavy atom. The van der Waals surface area contributed by atoms with E-state index in [1.54, 1.807) is 12.1 Å². The Labute approximate surface area is 96.8 Å². The molecule has 88 valence electrons. The fourth-order valence-corrected chi connectivity index (χ4v) is 1.37. The third-order valence-corrected chi connectivity index (χ3v) is 2.22. The van der Waals surface area contributed by atoms with Crippen molar-refractivity contribution in [3.05, 3.63) is 29.8 Å². The summed E-state index contributed by atoms with van der Waals surface area (Å²) in [6.07, 6.45) is 2.09. The van der Waals surface area contributed by atoms with Crippen molar-refractivity contribution in [2.75, 3.05) is 13.2 Å². The minimum absolute atomic E-state index is 0.0324. The van der Waals surface area contributed by atoms with E-state index in [1.807, 2.05) is 19.1 Å². The molecule has 3 nitrogen and oxygen atoms in total. The van der Waals surface area contributed by atoms with E-state index in [4.69, 9.17) is 4.74 Å². The molecule has 0 saturated carbocycles. The van der Waals surface area contributed by atoms with E-state index < -0.39 is 0 Å². The zero-order chi connectivity index (χ0) is 11.8. The maximum Gasteiger partial charge on any atom is 0.251 e. The summed E-state index contributed by atoms with van der Waals surface area (Å²) in [5.74, 6) is 0.709. The largest absolute Gasteiger partial charge is 0.494 e. The van der Waals surface area contributed by atoms with Gasteiger partial charge in [-0.05, 0) is 31.5 Å². The van der Waals surface area contributed by atoms with Gasteiger partial charge in [0.25, 0.3) is 5.91 Å². The Morgan fingerprint density at radius 3 is 2.88 bits per heavy atom. The van der Waals surface area contributed by atoms with Gasteiger partial charge < -0.3 is 10.1 Å². The number of rotatable bonds is 6. The molecule has 0 unspecified atom stereocenters. The molecule has 0 heterocycles. The van der Waals surface area contributed by atoms with E-state index in [0.29, 0.717) is 12.2 Å². The molecule has 0 aliphatic heterocycles. The van der Waals surface area contributed by atoms with Gasteiger partial charge in [-0.2, -0.15) is 0 Å². The number of benzene rings is 1. The number of amides is 1. The molecule has 0 aromatic heterocycles. The van der Waals surface area contributed by atoms with Crippen molar-refractivity contribution in [1.82, 2.24) is 5.32 Å². The van der Waals surface area contributed by atoms with Crippen LogP contribution in [0, 0.1) is 0 Å². The number of carbonyl (C=O) groups is 1. The zero-order valence-electron chi connectivity index (χ0n) is 9.95. The molecular formula is C13H19NO2. The minimum atomic E-state index is -0.0324. The Balaban J connectivity index is 2.57. The number of unbranched alkanes of at least 4 members (excludes halogenated alkanes) is 1. The topological polar surface area (TPSA) is 38.3 Å². The predicted octanol–water partition coefficient (Wildman–Crippen LogP) is 2.62. The number of hydrogen-bond donors (Lipinski definition) is 1. The first-order valence-electron chi connectivity index (χ1n) is 5.79. The normalized spacial score (nSPS) is 9.88. The van der Waals surface area contributed by atoms with Crippen LogP contribution in [-0.2, 0) is 0 Å². The van der Waals surface area contributed by atoms with Gasteiger partial charge >= 0.3 is 0 Å². The summed E-state index contributed by atoms with van der Waals surface area (Å²) in [4.78, 5) is 11.7. The van der Waals surface area contributed by atoms with Crippen molar-refractivity contribution < 1.29 is 9.53 Å². The monoisotopic (exact) mass is 221 g/mol. The van der Waals surface area contributed by atoms with E-state index in [9.17, 15) is 4.79 Å². The highest BCUT2D eigenvalue weighted by molar-refractivity contribution is 5.94. The first-order chi connectivity index (χ1) is 7.77. The average molecular weight is 221 g/mol. The van der Waals surface area contributed by atoms with Gasteiger partial charge in [-0.1, -0.05) is 19.4 Å². The molecule has 3 heteroatoms. The second-order valence-electron chi connectivity index (χ2n) is 3.57. The highest BCUT2D eigenvalue weighted by Crippen LogP contribution is 2.13. The molecule has 1 aromatic carbocycles. The van der Waals surface area contributed by atoms with Crippen LogP contribution in [-0.4, -0.2) is 19.1 Å². The van der Waals surface area contributed by atoms with Gasteiger partial charge in [0.1, 0.15) is 5.75 Å². The average Bonchev–Trinajstić information content (AvgIpc) is 2.30. The summed E-state index contributed by atoms with van der Waals surface area (Å²) in [5, 5.41) is 2.87. The Bertz CT molecular complexity index is 336. The summed E-state index contributed by atoms with van der Waals surface area (Å²) in [6.45, 7) is 5.37. The molecule has 0 aliphatic rings. The van der Waals surface area contributed by atoms with Crippen LogP contribution in [0.1, 0.15) is 37.0 Å². The van der Waals surface area contributed by atoms with Crippen LogP contribution < -0.4 is 10.1 Å². The van der Waals surface area contributed by atoms with E-state index in [-0.39, 0.29) is 5.91 Å². The van der Waals surface area contributed by atoms with Crippen LogP contribution >= 0.6 is 0 Å². The molecule has 0 atom stereocenters. The molecule has 0 fully saturated rings. The summed E-state index contributed by atoms with van der Waals surface area (Å²) in [7, 11) is 0. The molecule has 16 heavy (non-hydrogen) atoms. The summed E-state index contributed by atoms with van der Waals surface area (Å²) in [6, 6.07) is 7.25. The summed E-state index contributed by atoms with van der Waals surface area (Å²) in [5.41, 5.74) is 0.655. The number of hydrogen-bond acceptors (Lipinski definition) is 2. The van der Waals surface area contributed by atoms with Gasteiger partial charge in [0, 0.05) is 12.1 Å². The number of ether oxygens (including phenoxy) is 1. The SMILES string of the molecule is CCCCNC(=O)c1cccc(OCC)c1. The quantitative estimate of drug-likeness (QED) is 0.750. The van der Waals surface area contributed by atoms with Crippen LogP contribution in [0.25, 0.3) is 0 Å². The lowest BCUT2D eigenvalue weighted by Crippen LogP contribution is -2.24. The van der Waals surface area contributed by atoms with Crippen molar-refractivity contribution in [1.29, 1.82) is 0 Å². The fourth-order valence-electron chi connectivity index (χ4n) is 1.37. The van der Waals surface area contributed by atoms with Crippen molar-refractivity contribution in [3.63, 3.8) is 0 Å². The minimum Gasteiger partial charge on any atom is -0.494 e. The second kappa shape index (κ2) is 6.88. The molecule has 0 radical (unpaired) electrons. The van der Waals surface area contributed by atoms with E-state index in [1.165, 1.54) is 0 Å². The van der Waals surface area contributed by atoms with Gasteiger partial charge in [0.05, 0.1) is 6.61 Å². The highest BCUT2D eigenvalue weighted by atomic mass is 16.5. The lowest BCUT2D eigenvalue weighted by Gasteiger charge is -2.06. The van der Waals surface area contributed by atoms with Gasteiger partial charge in [-0.15, -0.1) is 0 Å². The van der Waals surface area contributed by atoms with Crippen molar-refractivity contribution in [3.8, 4) is 5.75 Å². The van der Waals surface area contributed by atoms with Crippen LogP contribution in [0.4, 0.5) is 0 Å². The lowest BCUT2D eigenvalue weighted by molar-refractivity contribution is 0.0952. The van der Waals surface area contributed by atoms with E-state index >= 15 is 0 Å². The van der Waals surface area contributed by atoms with Gasteiger partial charge in [0.15, 0.2) is 0 Å². The summed E-state index contributed by atoms with van der Waals surface area (Å²) < 4.78 is 5.34. The molecule has 1 aromatic rings. The first-order valence-corrected chi connectivity index (χ1v) is 5.79. The smallest absolute Gasteiger partial charge is 0.251 e. The molecule has 1 rings (SSSR count). The molecule has 0 spiro atoms. The lowest BCUT2D eigenvalue weighted by atomic mass is 10.2. The van der Waals surface area contributed by atoms with E-state index in [0.717, 1.165) is 25.1 Å². The molecule has 1 N–H and O–H groups in total. The van der Waals surface area contributed by atoms with Crippen LogP contribution in [0.5, 0.6) is 5.75 Å². The van der Waals surface area contributed by atoms with E-state index in [2.05, 4.69) is 12.2 Å². The highest BCUT2D eigenvalue weighted by Gasteiger charge is 2.05. The van der Waals surface area contributed by atoms with Crippen LogP contribution in [0.15, 0.2) is 24.3 Å². The Kier molecular flexibility index (Phi) is 5.40. The maximum atomic E-state index is 11.7. The van der Waals surface area contributed by atoms with Gasteiger partial charge in [-0.3, -0.25) is 4.79 Å².